The molecule has 0 unspecified atom stereocenters. The summed E-state index contributed by atoms with van der Waals surface area (Å²) in [5.74, 6) is 0.300. The third kappa shape index (κ3) is 3.01. The van der Waals surface area contributed by atoms with Crippen molar-refractivity contribution in [3.63, 3.8) is 0 Å². The molecule has 5 heteroatoms. The number of amides is 1. The van der Waals surface area contributed by atoms with Crippen LogP contribution in [0.25, 0.3) is 0 Å². The molecule has 0 aliphatic carbocycles. The van der Waals surface area contributed by atoms with Crippen LogP contribution in [-0.2, 0) is 11.2 Å². The van der Waals surface area contributed by atoms with Crippen LogP contribution in [0, 0.1) is 11.3 Å². The van der Waals surface area contributed by atoms with E-state index in [1.165, 1.54) is 11.6 Å². The molecule has 0 bridgehead atoms. The SMILES string of the molecule is C[C@H](Oc1ccc(C#N)cc1Cl)C(=O)N1CCc2ccccc21. The highest BCUT2D eigenvalue weighted by molar-refractivity contribution is 6.32. The van der Waals surface area contributed by atoms with E-state index in [0.29, 0.717) is 22.9 Å². The van der Waals surface area contributed by atoms with E-state index in [0.717, 1.165) is 12.1 Å². The molecule has 1 amide bonds. The van der Waals surface area contributed by atoms with Gasteiger partial charge in [0.15, 0.2) is 6.10 Å². The lowest BCUT2D eigenvalue weighted by Gasteiger charge is -2.22. The average molecular weight is 327 g/mol. The number of benzene rings is 2. The van der Waals surface area contributed by atoms with Crippen molar-refractivity contribution in [1.29, 1.82) is 5.26 Å². The highest BCUT2D eigenvalue weighted by Gasteiger charge is 2.29. The van der Waals surface area contributed by atoms with Crippen molar-refractivity contribution >= 4 is 23.2 Å². The van der Waals surface area contributed by atoms with E-state index in [1.807, 2.05) is 30.3 Å². The molecular formula is C18H15ClN2O2. The topological polar surface area (TPSA) is 53.3 Å². The summed E-state index contributed by atoms with van der Waals surface area (Å²) in [5, 5.41) is 9.17. The Hall–Kier alpha value is -2.51. The number of ether oxygens (including phenoxy) is 1. The summed E-state index contributed by atoms with van der Waals surface area (Å²) in [5.41, 5.74) is 2.57. The van der Waals surface area contributed by atoms with Crippen LogP contribution in [0.2, 0.25) is 5.02 Å². The molecule has 1 heterocycles. The standard InChI is InChI=1S/C18H15ClN2O2/c1-12(23-17-7-6-13(11-20)10-15(17)19)18(22)21-9-8-14-4-2-3-5-16(14)21/h2-7,10,12H,8-9H2,1H3/t12-/m0/s1. The first-order valence-electron chi connectivity index (χ1n) is 7.35. The Morgan fingerprint density at radius 2 is 2.13 bits per heavy atom. The molecule has 4 nitrogen and oxygen atoms in total. The van der Waals surface area contributed by atoms with Crippen molar-refractivity contribution in [3.8, 4) is 11.8 Å². The van der Waals surface area contributed by atoms with Gasteiger partial charge in [-0.1, -0.05) is 29.8 Å². The molecule has 0 saturated heterocycles. The first-order valence-corrected chi connectivity index (χ1v) is 7.73. The van der Waals surface area contributed by atoms with Gasteiger partial charge in [0.2, 0.25) is 0 Å². The molecule has 2 aromatic rings. The number of carbonyl (C=O) groups is 1. The van der Waals surface area contributed by atoms with Gasteiger partial charge < -0.3 is 9.64 Å². The maximum atomic E-state index is 12.7. The largest absolute Gasteiger partial charge is 0.479 e. The van der Waals surface area contributed by atoms with Crippen LogP contribution in [-0.4, -0.2) is 18.6 Å². The number of hydrogen-bond acceptors (Lipinski definition) is 3. The third-order valence-electron chi connectivity index (χ3n) is 3.87. The van der Waals surface area contributed by atoms with E-state index in [1.54, 1.807) is 24.0 Å². The second kappa shape index (κ2) is 6.31. The summed E-state index contributed by atoms with van der Waals surface area (Å²) in [6.45, 7) is 2.37. The van der Waals surface area contributed by atoms with Gasteiger partial charge >= 0.3 is 0 Å². The highest BCUT2D eigenvalue weighted by atomic mass is 35.5. The molecule has 0 spiro atoms. The zero-order chi connectivity index (χ0) is 16.4. The van der Waals surface area contributed by atoms with E-state index in [9.17, 15) is 4.79 Å². The number of rotatable bonds is 3. The molecule has 0 fully saturated rings. The minimum atomic E-state index is -0.661. The Morgan fingerprint density at radius 1 is 1.35 bits per heavy atom. The van der Waals surface area contributed by atoms with Crippen LogP contribution in [0.15, 0.2) is 42.5 Å². The minimum absolute atomic E-state index is 0.102. The van der Waals surface area contributed by atoms with Crippen LogP contribution in [0.5, 0.6) is 5.75 Å². The molecule has 0 saturated carbocycles. The van der Waals surface area contributed by atoms with Gasteiger partial charge in [-0.2, -0.15) is 5.26 Å². The molecule has 23 heavy (non-hydrogen) atoms. The zero-order valence-corrected chi connectivity index (χ0v) is 13.4. The monoisotopic (exact) mass is 326 g/mol. The first-order chi connectivity index (χ1) is 11.1. The zero-order valence-electron chi connectivity index (χ0n) is 12.6. The summed E-state index contributed by atoms with van der Waals surface area (Å²) < 4.78 is 5.70. The number of carbonyl (C=O) groups excluding carboxylic acids is 1. The van der Waals surface area contributed by atoms with Gasteiger partial charge in [0.1, 0.15) is 5.75 Å². The maximum Gasteiger partial charge on any atom is 0.267 e. The molecule has 116 valence electrons. The Balaban J connectivity index is 1.75. The number of nitriles is 1. The van der Waals surface area contributed by atoms with Crippen LogP contribution in [0.1, 0.15) is 18.1 Å². The van der Waals surface area contributed by atoms with E-state index >= 15 is 0 Å². The van der Waals surface area contributed by atoms with E-state index in [4.69, 9.17) is 21.6 Å². The number of nitrogens with zero attached hydrogens (tertiary/aromatic N) is 2. The molecular weight excluding hydrogens is 312 g/mol. The Morgan fingerprint density at radius 3 is 2.87 bits per heavy atom. The van der Waals surface area contributed by atoms with Crippen molar-refractivity contribution in [2.45, 2.75) is 19.4 Å². The third-order valence-corrected chi connectivity index (χ3v) is 4.16. The van der Waals surface area contributed by atoms with Crippen molar-refractivity contribution in [2.75, 3.05) is 11.4 Å². The summed E-state index contributed by atoms with van der Waals surface area (Å²) >= 11 is 6.10. The van der Waals surface area contributed by atoms with Crippen molar-refractivity contribution in [2.24, 2.45) is 0 Å². The summed E-state index contributed by atoms with van der Waals surface area (Å²) in [4.78, 5) is 14.4. The summed E-state index contributed by atoms with van der Waals surface area (Å²) in [7, 11) is 0. The highest BCUT2D eigenvalue weighted by Crippen LogP contribution is 2.30. The molecule has 1 aliphatic heterocycles. The van der Waals surface area contributed by atoms with Gasteiger partial charge in [0.05, 0.1) is 16.7 Å². The fraction of sp³-hybridized carbons (Fsp3) is 0.222. The molecule has 1 atom stereocenters. The minimum Gasteiger partial charge on any atom is -0.479 e. The fourth-order valence-electron chi connectivity index (χ4n) is 2.69. The smallest absolute Gasteiger partial charge is 0.267 e. The van der Waals surface area contributed by atoms with Gasteiger partial charge in [-0.15, -0.1) is 0 Å². The predicted molar refractivity (Wildman–Crippen MR) is 88.8 cm³/mol. The van der Waals surface area contributed by atoms with E-state index in [-0.39, 0.29) is 5.91 Å². The number of halogens is 1. The normalized spacial score (nSPS) is 14.0. The van der Waals surface area contributed by atoms with Crippen LogP contribution >= 0.6 is 11.6 Å². The quantitative estimate of drug-likeness (QED) is 0.866. The van der Waals surface area contributed by atoms with Crippen molar-refractivity contribution in [1.82, 2.24) is 0 Å². The number of anilines is 1. The lowest BCUT2D eigenvalue weighted by molar-refractivity contribution is -0.124. The molecule has 0 N–H and O–H groups in total. The molecule has 0 radical (unpaired) electrons. The molecule has 0 aromatic heterocycles. The Labute approximate surface area is 139 Å². The van der Waals surface area contributed by atoms with Gasteiger partial charge in [-0.25, -0.2) is 0 Å². The number of para-hydroxylation sites is 1. The first kappa shape index (κ1) is 15.4. The second-order valence-electron chi connectivity index (χ2n) is 5.39. The van der Waals surface area contributed by atoms with Crippen LogP contribution in [0.3, 0.4) is 0 Å². The summed E-state index contributed by atoms with van der Waals surface area (Å²) in [6, 6.07) is 14.6. The molecule has 2 aromatic carbocycles. The lowest BCUT2D eigenvalue weighted by Crippen LogP contribution is -2.39. The number of fused-ring (bicyclic) bond motifs is 1. The lowest BCUT2D eigenvalue weighted by atomic mass is 10.2. The van der Waals surface area contributed by atoms with Crippen LogP contribution in [0.4, 0.5) is 5.69 Å². The maximum absolute atomic E-state index is 12.7. The number of hydrogen-bond donors (Lipinski definition) is 0. The summed E-state index contributed by atoms with van der Waals surface area (Å²) in [6.07, 6.45) is 0.193. The second-order valence-corrected chi connectivity index (χ2v) is 5.79. The molecule has 1 aliphatic rings. The fourth-order valence-corrected chi connectivity index (χ4v) is 2.92. The van der Waals surface area contributed by atoms with Crippen molar-refractivity contribution < 1.29 is 9.53 Å². The molecule has 3 rings (SSSR count). The van der Waals surface area contributed by atoms with Gasteiger partial charge in [0, 0.05) is 12.2 Å². The predicted octanol–water partition coefficient (Wildman–Crippen LogP) is 3.57. The van der Waals surface area contributed by atoms with Crippen molar-refractivity contribution in [3.05, 3.63) is 58.6 Å². The van der Waals surface area contributed by atoms with Gasteiger partial charge in [-0.3, -0.25) is 4.79 Å². The average Bonchev–Trinajstić information content (AvgIpc) is 2.99. The Kier molecular flexibility index (Phi) is 4.22. The van der Waals surface area contributed by atoms with E-state index in [2.05, 4.69) is 0 Å². The Bertz CT molecular complexity index is 798. The van der Waals surface area contributed by atoms with Crippen LogP contribution < -0.4 is 9.64 Å². The van der Waals surface area contributed by atoms with Gasteiger partial charge in [0.25, 0.3) is 5.91 Å². The van der Waals surface area contributed by atoms with Gasteiger partial charge in [-0.05, 0) is 43.2 Å². The van der Waals surface area contributed by atoms with E-state index < -0.39 is 6.10 Å².